The van der Waals surface area contributed by atoms with Gasteiger partial charge in [0.2, 0.25) is 0 Å². The Hall–Kier alpha value is -5.23. The zero-order chi connectivity index (χ0) is 27.5. The Morgan fingerprint density at radius 3 is 2.33 bits per heavy atom. The number of ether oxygens (including phenoxy) is 1. The number of carbonyl (C=O) groups is 3. The van der Waals surface area contributed by atoms with E-state index in [0.717, 1.165) is 11.1 Å². The maximum Gasteiger partial charge on any atom is 0.335 e. The number of nitrogens with one attached hydrogen (secondary N) is 1. The summed E-state index contributed by atoms with van der Waals surface area (Å²) in [6.07, 6.45) is 3.99. The molecule has 194 valence electrons. The highest BCUT2D eigenvalue weighted by Gasteiger charge is 2.30. The van der Waals surface area contributed by atoms with Crippen molar-refractivity contribution in [3.05, 3.63) is 101 Å². The summed E-state index contributed by atoms with van der Waals surface area (Å²) in [4.78, 5) is 50.7. The van der Waals surface area contributed by atoms with Crippen molar-refractivity contribution in [2.75, 3.05) is 20.2 Å². The van der Waals surface area contributed by atoms with E-state index in [1.807, 2.05) is 30.3 Å². The standard InChI is InChI=1S/C30H24N4O5/c1-31-25(18-6-4-3-5-7-18)20-12-14-34(15-13-20)29(36)28(35)22-16-32-27-24(22)23(39-2)17-33-26(27)19-8-10-21(11-9-19)30(37)38/h3-11,16-17,32H,12-15H2,2H3,(H,37,38). The van der Waals surface area contributed by atoms with Crippen molar-refractivity contribution in [1.82, 2.24) is 14.9 Å². The molecule has 1 amide bonds. The molecule has 0 aliphatic carbocycles. The van der Waals surface area contributed by atoms with E-state index < -0.39 is 17.7 Å². The van der Waals surface area contributed by atoms with E-state index in [1.165, 1.54) is 36.5 Å². The molecule has 0 radical (unpaired) electrons. The molecule has 3 heterocycles. The molecular formula is C30H24N4O5. The molecule has 0 unspecified atom stereocenters. The van der Waals surface area contributed by atoms with Gasteiger partial charge in [-0.05, 0) is 30.5 Å². The van der Waals surface area contributed by atoms with E-state index in [9.17, 15) is 19.5 Å². The lowest BCUT2D eigenvalue weighted by Crippen LogP contribution is -2.40. The molecule has 9 heteroatoms. The summed E-state index contributed by atoms with van der Waals surface area (Å²) in [6, 6.07) is 15.7. The Kier molecular flexibility index (Phi) is 6.93. The molecule has 4 aromatic rings. The number of piperidine rings is 1. The van der Waals surface area contributed by atoms with Gasteiger partial charge in [0.15, 0.2) is 5.70 Å². The molecular weight excluding hydrogens is 496 g/mol. The van der Waals surface area contributed by atoms with Crippen LogP contribution in [0.3, 0.4) is 0 Å². The second kappa shape index (κ2) is 10.6. The molecule has 2 aromatic carbocycles. The monoisotopic (exact) mass is 520 g/mol. The maximum absolute atomic E-state index is 13.4. The Labute approximate surface area is 224 Å². The topological polar surface area (TPSA) is 117 Å². The average molecular weight is 521 g/mol. The van der Waals surface area contributed by atoms with Gasteiger partial charge in [-0.1, -0.05) is 48.0 Å². The first kappa shape index (κ1) is 25.4. The lowest BCUT2D eigenvalue weighted by molar-refractivity contribution is -0.126. The second-order valence-corrected chi connectivity index (χ2v) is 9.06. The number of carboxylic acids is 1. The minimum Gasteiger partial charge on any atom is -0.494 e. The van der Waals surface area contributed by atoms with Crippen LogP contribution in [-0.4, -0.2) is 57.8 Å². The molecule has 1 aliphatic heterocycles. The third-order valence-corrected chi connectivity index (χ3v) is 6.89. The van der Waals surface area contributed by atoms with Crippen molar-refractivity contribution in [3.63, 3.8) is 0 Å². The summed E-state index contributed by atoms with van der Waals surface area (Å²) in [5, 5.41) is 9.62. The lowest BCUT2D eigenvalue weighted by Gasteiger charge is -2.28. The van der Waals surface area contributed by atoms with Gasteiger partial charge in [0.1, 0.15) is 5.75 Å². The summed E-state index contributed by atoms with van der Waals surface area (Å²) < 4.78 is 5.47. The first-order valence-electron chi connectivity index (χ1n) is 12.3. The Bertz CT molecular complexity index is 1650. The van der Waals surface area contributed by atoms with Gasteiger partial charge in [0.25, 0.3) is 11.7 Å². The van der Waals surface area contributed by atoms with Crippen LogP contribution in [-0.2, 0) is 4.79 Å². The van der Waals surface area contributed by atoms with Gasteiger partial charge < -0.3 is 19.7 Å². The number of aromatic amines is 1. The third-order valence-electron chi connectivity index (χ3n) is 6.89. The first-order valence-corrected chi connectivity index (χ1v) is 12.3. The fraction of sp³-hybridized carbons (Fsp3) is 0.167. The number of amides is 1. The summed E-state index contributed by atoms with van der Waals surface area (Å²) in [5.74, 6) is -1.99. The molecule has 5 rings (SSSR count). The number of carbonyl (C=O) groups excluding carboxylic acids is 2. The van der Waals surface area contributed by atoms with Crippen molar-refractivity contribution in [1.29, 1.82) is 0 Å². The number of ketones is 1. The first-order chi connectivity index (χ1) is 18.9. The Balaban J connectivity index is 1.41. The van der Waals surface area contributed by atoms with Crippen molar-refractivity contribution >= 4 is 34.3 Å². The number of aromatic nitrogens is 2. The van der Waals surface area contributed by atoms with E-state index in [2.05, 4.69) is 14.8 Å². The predicted octanol–water partition coefficient (Wildman–Crippen LogP) is 5.07. The molecule has 1 fully saturated rings. The maximum atomic E-state index is 13.4. The number of nitrogens with zero attached hydrogens (tertiary/aromatic N) is 3. The lowest BCUT2D eigenvalue weighted by atomic mass is 9.97. The number of Topliss-reactive ketones (excluding diaryl/α,β-unsaturated/α-hetero) is 1. The fourth-order valence-corrected chi connectivity index (χ4v) is 4.86. The van der Waals surface area contributed by atoms with Crippen LogP contribution in [0.1, 0.15) is 39.1 Å². The van der Waals surface area contributed by atoms with Crippen molar-refractivity contribution in [3.8, 4) is 17.0 Å². The molecule has 1 saturated heterocycles. The van der Waals surface area contributed by atoms with Gasteiger partial charge in [0, 0.05) is 24.8 Å². The second-order valence-electron chi connectivity index (χ2n) is 9.06. The van der Waals surface area contributed by atoms with Crippen LogP contribution in [0.4, 0.5) is 0 Å². The molecule has 0 atom stereocenters. The summed E-state index contributed by atoms with van der Waals surface area (Å²) in [5.41, 5.74) is 4.39. The Morgan fingerprint density at radius 1 is 1.03 bits per heavy atom. The van der Waals surface area contributed by atoms with Crippen LogP contribution in [0.2, 0.25) is 0 Å². The van der Waals surface area contributed by atoms with Crippen LogP contribution in [0.25, 0.3) is 32.7 Å². The SMILES string of the molecule is [C-]#[N+]C(=C1CCN(C(=O)C(=O)c2c[nH]c3c(-c4ccc(C(=O)O)cc4)ncc(OC)c23)CC1)c1ccccc1. The highest BCUT2D eigenvalue weighted by Crippen LogP contribution is 2.35. The number of methoxy groups -OCH3 is 1. The molecule has 2 N–H and O–H groups in total. The number of likely N-dealkylation sites (tertiary alicyclic amines) is 1. The molecule has 0 saturated carbocycles. The van der Waals surface area contributed by atoms with Crippen molar-refractivity contribution in [2.45, 2.75) is 12.8 Å². The van der Waals surface area contributed by atoms with Crippen molar-refractivity contribution < 1.29 is 24.2 Å². The quantitative estimate of drug-likeness (QED) is 0.208. The van der Waals surface area contributed by atoms with E-state index in [0.29, 0.717) is 59.5 Å². The third kappa shape index (κ3) is 4.76. The minimum atomic E-state index is -1.04. The van der Waals surface area contributed by atoms with Crippen LogP contribution >= 0.6 is 0 Å². The normalized spacial score (nSPS) is 13.1. The molecule has 9 nitrogen and oxygen atoms in total. The number of aromatic carboxylic acids is 1. The van der Waals surface area contributed by atoms with Gasteiger partial charge in [-0.3, -0.25) is 14.6 Å². The number of rotatable bonds is 6. The summed E-state index contributed by atoms with van der Waals surface area (Å²) >= 11 is 0. The van der Waals surface area contributed by atoms with Gasteiger partial charge in [-0.2, -0.15) is 0 Å². The highest BCUT2D eigenvalue weighted by molar-refractivity contribution is 6.45. The fourth-order valence-electron chi connectivity index (χ4n) is 4.86. The number of H-pyrrole nitrogens is 1. The number of fused-ring (bicyclic) bond motifs is 1. The highest BCUT2D eigenvalue weighted by atomic mass is 16.5. The molecule has 39 heavy (non-hydrogen) atoms. The molecule has 0 spiro atoms. The van der Waals surface area contributed by atoms with E-state index >= 15 is 0 Å². The zero-order valence-corrected chi connectivity index (χ0v) is 21.1. The van der Waals surface area contributed by atoms with Crippen molar-refractivity contribution in [2.24, 2.45) is 0 Å². The summed E-state index contributed by atoms with van der Waals surface area (Å²) in [7, 11) is 1.46. The molecule has 2 aromatic heterocycles. The number of carboxylic acid groups (broad SMARTS) is 1. The van der Waals surface area contributed by atoms with Gasteiger partial charge in [-0.15, -0.1) is 0 Å². The van der Waals surface area contributed by atoms with Crippen LogP contribution in [0.5, 0.6) is 5.75 Å². The number of hydrogen-bond acceptors (Lipinski definition) is 5. The largest absolute Gasteiger partial charge is 0.494 e. The average Bonchev–Trinajstić information content (AvgIpc) is 3.43. The smallest absolute Gasteiger partial charge is 0.335 e. The minimum absolute atomic E-state index is 0.142. The zero-order valence-electron chi connectivity index (χ0n) is 21.1. The molecule has 0 bridgehead atoms. The van der Waals surface area contributed by atoms with Crippen LogP contribution < -0.4 is 4.74 Å². The van der Waals surface area contributed by atoms with Crippen LogP contribution in [0, 0.1) is 6.57 Å². The van der Waals surface area contributed by atoms with E-state index in [4.69, 9.17) is 11.3 Å². The number of benzene rings is 2. The number of pyridine rings is 1. The van der Waals surface area contributed by atoms with Gasteiger partial charge in [-0.25, -0.2) is 9.64 Å². The predicted molar refractivity (Wildman–Crippen MR) is 145 cm³/mol. The number of hydrogen-bond donors (Lipinski definition) is 2. The Morgan fingerprint density at radius 2 is 1.72 bits per heavy atom. The van der Waals surface area contributed by atoms with E-state index in [-0.39, 0.29) is 11.1 Å². The summed E-state index contributed by atoms with van der Waals surface area (Å²) in [6.45, 7) is 8.32. The van der Waals surface area contributed by atoms with E-state index in [1.54, 1.807) is 12.1 Å². The van der Waals surface area contributed by atoms with Gasteiger partial charge in [0.05, 0.1) is 47.6 Å². The molecule has 1 aliphatic rings. The van der Waals surface area contributed by atoms with Gasteiger partial charge >= 0.3 is 5.97 Å². The van der Waals surface area contributed by atoms with Crippen LogP contribution in [0.15, 0.2) is 72.6 Å².